The first kappa shape index (κ1) is 15.9. The molecular weight excluding hydrogens is 230 g/mol. The van der Waals surface area contributed by atoms with Crippen LogP contribution in [0.15, 0.2) is 0 Å². The van der Waals surface area contributed by atoms with Crippen LogP contribution in [-0.2, 0) is 4.74 Å². The van der Waals surface area contributed by atoms with E-state index in [1.165, 1.54) is 6.42 Å². The second-order valence-electron chi connectivity index (χ2n) is 5.46. The fourth-order valence-electron chi connectivity index (χ4n) is 2.59. The van der Waals surface area contributed by atoms with Crippen molar-refractivity contribution < 1.29 is 14.9 Å². The maximum absolute atomic E-state index is 9.93. The summed E-state index contributed by atoms with van der Waals surface area (Å²) in [7, 11) is 0. The molecule has 0 amide bonds. The molecule has 3 atom stereocenters. The molecule has 1 rings (SSSR count). The quantitative estimate of drug-likeness (QED) is 0.615. The highest BCUT2D eigenvalue weighted by atomic mass is 16.5. The Bertz CT molecular complexity index is 211. The van der Waals surface area contributed by atoms with E-state index in [1.54, 1.807) is 0 Å². The average Bonchev–Trinajstić information content (AvgIpc) is 2.71. The van der Waals surface area contributed by atoms with Crippen molar-refractivity contribution in [1.82, 2.24) is 4.90 Å². The molecule has 108 valence electrons. The molecule has 0 aromatic heterocycles. The number of rotatable bonds is 9. The summed E-state index contributed by atoms with van der Waals surface area (Å²) in [5, 5.41) is 19.4. The highest BCUT2D eigenvalue weighted by Gasteiger charge is 2.27. The first-order valence-electron chi connectivity index (χ1n) is 7.31. The number of aliphatic hydroxyl groups is 2. The number of unbranched alkanes of at least 4 members (excludes halogenated alkanes) is 1. The van der Waals surface area contributed by atoms with Crippen molar-refractivity contribution in [3.8, 4) is 0 Å². The van der Waals surface area contributed by atoms with E-state index in [9.17, 15) is 10.2 Å². The number of β-amino-alcohol motifs (C(OH)–C–C–N with tert-alkyl or cyclic N) is 1. The molecule has 1 fully saturated rings. The van der Waals surface area contributed by atoms with E-state index < -0.39 is 6.10 Å². The smallest absolute Gasteiger partial charge is 0.0900 e. The fourth-order valence-corrected chi connectivity index (χ4v) is 2.59. The molecular formula is C14H29NO3. The highest BCUT2D eigenvalue weighted by Crippen LogP contribution is 2.21. The first-order chi connectivity index (χ1) is 8.63. The predicted octanol–water partition coefficient (Wildman–Crippen LogP) is 1.40. The van der Waals surface area contributed by atoms with E-state index in [-0.39, 0.29) is 6.10 Å². The topological polar surface area (TPSA) is 52.9 Å². The van der Waals surface area contributed by atoms with Crippen LogP contribution >= 0.6 is 0 Å². The molecule has 1 aliphatic heterocycles. The first-order valence-corrected chi connectivity index (χ1v) is 7.31. The minimum absolute atomic E-state index is 0.256. The van der Waals surface area contributed by atoms with Gasteiger partial charge < -0.3 is 14.9 Å². The highest BCUT2D eigenvalue weighted by molar-refractivity contribution is 4.82. The van der Waals surface area contributed by atoms with Gasteiger partial charge in [-0.25, -0.2) is 0 Å². The number of nitrogens with zero attached hydrogens (tertiary/aromatic N) is 1. The van der Waals surface area contributed by atoms with Crippen LogP contribution in [0.25, 0.3) is 0 Å². The summed E-state index contributed by atoms with van der Waals surface area (Å²) in [5.41, 5.74) is 0. The third-order valence-electron chi connectivity index (χ3n) is 3.51. The maximum atomic E-state index is 9.93. The third kappa shape index (κ3) is 6.14. The van der Waals surface area contributed by atoms with Gasteiger partial charge in [0.25, 0.3) is 0 Å². The van der Waals surface area contributed by atoms with Crippen LogP contribution in [0.5, 0.6) is 0 Å². The Hall–Kier alpha value is -0.160. The summed E-state index contributed by atoms with van der Waals surface area (Å²) in [6.07, 6.45) is 4.63. The maximum Gasteiger partial charge on any atom is 0.0900 e. The molecule has 1 saturated heterocycles. The van der Waals surface area contributed by atoms with Crippen molar-refractivity contribution in [3.63, 3.8) is 0 Å². The number of hydrogen-bond donors (Lipinski definition) is 2. The Kier molecular flexibility index (Phi) is 7.82. The summed E-state index contributed by atoms with van der Waals surface area (Å²) in [4.78, 5) is 2.29. The minimum atomic E-state index is -0.406. The zero-order valence-corrected chi connectivity index (χ0v) is 11.8. The van der Waals surface area contributed by atoms with Crippen LogP contribution in [0.1, 0.15) is 46.0 Å². The monoisotopic (exact) mass is 259 g/mol. The van der Waals surface area contributed by atoms with Crippen LogP contribution in [0, 0.1) is 0 Å². The van der Waals surface area contributed by atoms with Gasteiger partial charge in [0.1, 0.15) is 0 Å². The number of hydrogen-bond acceptors (Lipinski definition) is 4. The molecule has 0 bridgehead atoms. The van der Waals surface area contributed by atoms with Gasteiger partial charge in [0.05, 0.1) is 18.8 Å². The molecule has 3 unspecified atom stereocenters. The summed E-state index contributed by atoms with van der Waals surface area (Å²) >= 11 is 0. The normalized spacial score (nSPS) is 24.3. The lowest BCUT2D eigenvalue weighted by Gasteiger charge is -2.27. The summed E-state index contributed by atoms with van der Waals surface area (Å²) < 4.78 is 5.44. The minimum Gasteiger partial charge on any atom is -0.393 e. The summed E-state index contributed by atoms with van der Waals surface area (Å²) in [6.45, 7) is 6.83. The Labute approximate surface area is 111 Å². The molecule has 2 N–H and O–H groups in total. The molecule has 18 heavy (non-hydrogen) atoms. The molecule has 0 radical (unpaired) electrons. The van der Waals surface area contributed by atoms with Gasteiger partial charge in [-0.3, -0.25) is 4.90 Å². The third-order valence-corrected chi connectivity index (χ3v) is 3.51. The molecule has 4 heteroatoms. The van der Waals surface area contributed by atoms with Crippen LogP contribution in [0.3, 0.4) is 0 Å². The Balaban J connectivity index is 2.19. The van der Waals surface area contributed by atoms with Gasteiger partial charge in [0, 0.05) is 19.2 Å². The van der Waals surface area contributed by atoms with Gasteiger partial charge >= 0.3 is 0 Å². The van der Waals surface area contributed by atoms with Gasteiger partial charge in [0.2, 0.25) is 0 Å². The lowest BCUT2D eigenvalue weighted by Crippen LogP contribution is -2.39. The number of likely N-dealkylation sites (tertiary alicyclic amines) is 1. The van der Waals surface area contributed by atoms with Crippen molar-refractivity contribution in [2.24, 2.45) is 0 Å². The van der Waals surface area contributed by atoms with Crippen molar-refractivity contribution >= 4 is 0 Å². The van der Waals surface area contributed by atoms with Crippen LogP contribution in [0.4, 0.5) is 0 Å². The Morgan fingerprint density at radius 3 is 2.83 bits per heavy atom. The van der Waals surface area contributed by atoms with E-state index >= 15 is 0 Å². The van der Waals surface area contributed by atoms with E-state index in [1.807, 2.05) is 6.92 Å². The Morgan fingerprint density at radius 1 is 1.39 bits per heavy atom. The van der Waals surface area contributed by atoms with E-state index in [0.29, 0.717) is 19.2 Å². The van der Waals surface area contributed by atoms with E-state index in [2.05, 4.69) is 11.8 Å². The average molecular weight is 259 g/mol. The van der Waals surface area contributed by atoms with Gasteiger partial charge in [0.15, 0.2) is 0 Å². The van der Waals surface area contributed by atoms with Gasteiger partial charge in [-0.1, -0.05) is 13.3 Å². The van der Waals surface area contributed by atoms with E-state index in [0.717, 1.165) is 38.8 Å². The van der Waals surface area contributed by atoms with Crippen molar-refractivity contribution in [2.75, 3.05) is 26.3 Å². The second-order valence-corrected chi connectivity index (χ2v) is 5.46. The van der Waals surface area contributed by atoms with Crippen molar-refractivity contribution in [1.29, 1.82) is 0 Å². The van der Waals surface area contributed by atoms with Gasteiger partial charge in [-0.2, -0.15) is 0 Å². The summed E-state index contributed by atoms with van der Waals surface area (Å²) in [5.74, 6) is 0. The largest absolute Gasteiger partial charge is 0.393 e. The molecule has 4 nitrogen and oxygen atoms in total. The number of aliphatic hydroxyl groups excluding tert-OH is 2. The lowest BCUT2D eigenvalue weighted by atomic mass is 10.1. The molecule has 1 heterocycles. The molecule has 0 saturated carbocycles. The van der Waals surface area contributed by atoms with Gasteiger partial charge in [-0.05, 0) is 39.2 Å². The number of ether oxygens (including phenoxy) is 1. The van der Waals surface area contributed by atoms with Crippen molar-refractivity contribution in [2.45, 2.75) is 64.2 Å². The molecule has 0 aliphatic carbocycles. The Morgan fingerprint density at radius 2 is 2.17 bits per heavy atom. The SMILES string of the molecule is CCCCOCC(O)CN1CCCC1CC(C)O. The predicted molar refractivity (Wildman–Crippen MR) is 72.6 cm³/mol. The molecule has 0 aromatic carbocycles. The molecule has 1 aliphatic rings. The molecule has 0 aromatic rings. The van der Waals surface area contributed by atoms with Crippen LogP contribution in [0.2, 0.25) is 0 Å². The second kappa shape index (κ2) is 8.86. The van der Waals surface area contributed by atoms with E-state index in [4.69, 9.17) is 4.74 Å². The fraction of sp³-hybridized carbons (Fsp3) is 1.00. The zero-order chi connectivity index (χ0) is 13.4. The molecule has 0 spiro atoms. The van der Waals surface area contributed by atoms with Gasteiger partial charge in [-0.15, -0.1) is 0 Å². The standard InChI is InChI=1S/C14H29NO3/c1-3-4-8-18-11-14(17)10-15-7-5-6-13(15)9-12(2)16/h12-14,16-17H,3-11H2,1-2H3. The van der Waals surface area contributed by atoms with Crippen molar-refractivity contribution in [3.05, 3.63) is 0 Å². The van der Waals surface area contributed by atoms with Crippen LogP contribution in [-0.4, -0.2) is 59.7 Å². The zero-order valence-electron chi connectivity index (χ0n) is 11.8. The van der Waals surface area contributed by atoms with Crippen LogP contribution < -0.4 is 0 Å². The summed E-state index contributed by atoms with van der Waals surface area (Å²) in [6, 6.07) is 0.426. The lowest BCUT2D eigenvalue weighted by molar-refractivity contribution is 0.0100.